The number of hydrogen-bond acceptors (Lipinski definition) is 3. The number of nitrogens with zero attached hydrogens (tertiary/aromatic N) is 1. The summed E-state index contributed by atoms with van der Waals surface area (Å²) in [7, 11) is 1.62. The number of halogens is 1. The zero-order valence-corrected chi connectivity index (χ0v) is 15.6. The van der Waals surface area contributed by atoms with Gasteiger partial charge in [0.15, 0.2) is 0 Å². The van der Waals surface area contributed by atoms with Crippen LogP contribution in [0.15, 0.2) is 30.5 Å². The molecule has 1 saturated carbocycles. The van der Waals surface area contributed by atoms with E-state index in [1.807, 2.05) is 19.9 Å². The molecule has 27 heavy (non-hydrogen) atoms. The number of H-pyrrole nitrogens is 1. The number of aromatic amines is 1. The number of hydrogen-bond donors (Lipinski definition) is 2. The van der Waals surface area contributed by atoms with Gasteiger partial charge in [0.25, 0.3) is 5.91 Å². The van der Waals surface area contributed by atoms with E-state index in [4.69, 9.17) is 4.74 Å². The standard InChI is InChI=1S/C21H22FN3O2/c1-11-4-7-15(22)14-10-16(24-18(11)14)21(26)25-20(13-5-6-13)19-12(2)17(27-3)8-9-23-19/h4,7-10,13,20,24H,5-6H2,1-3H3,(H,25,26). The van der Waals surface area contributed by atoms with Crippen LogP contribution in [0.25, 0.3) is 10.9 Å². The molecule has 1 atom stereocenters. The van der Waals surface area contributed by atoms with Gasteiger partial charge in [0, 0.05) is 17.1 Å². The zero-order valence-electron chi connectivity index (χ0n) is 15.6. The minimum absolute atomic E-state index is 0.190. The average Bonchev–Trinajstić information content (AvgIpc) is 3.40. The van der Waals surface area contributed by atoms with Gasteiger partial charge in [-0.2, -0.15) is 0 Å². The highest BCUT2D eigenvalue weighted by Crippen LogP contribution is 2.42. The lowest BCUT2D eigenvalue weighted by atomic mass is 10.0. The van der Waals surface area contributed by atoms with Crippen LogP contribution in [-0.4, -0.2) is 23.0 Å². The van der Waals surface area contributed by atoms with Crippen molar-refractivity contribution in [2.75, 3.05) is 7.11 Å². The lowest BCUT2D eigenvalue weighted by molar-refractivity contribution is 0.0926. The number of benzene rings is 1. The predicted octanol–water partition coefficient (Wildman–Crippen LogP) is 4.21. The van der Waals surface area contributed by atoms with Crippen LogP contribution in [0, 0.1) is 25.6 Å². The highest BCUT2D eigenvalue weighted by atomic mass is 19.1. The Labute approximate surface area is 157 Å². The van der Waals surface area contributed by atoms with Gasteiger partial charge in [0.05, 0.1) is 24.4 Å². The molecule has 0 saturated heterocycles. The van der Waals surface area contributed by atoms with Gasteiger partial charge in [-0.05, 0) is 56.4 Å². The summed E-state index contributed by atoms with van der Waals surface area (Å²) in [4.78, 5) is 20.5. The Morgan fingerprint density at radius 3 is 2.78 bits per heavy atom. The fourth-order valence-corrected chi connectivity index (χ4v) is 3.57. The molecular weight excluding hydrogens is 345 g/mol. The fraction of sp³-hybridized carbons (Fsp3) is 0.333. The van der Waals surface area contributed by atoms with E-state index in [0.29, 0.717) is 22.5 Å². The number of amides is 1. The van der Waals surface area contributed by atoms with Crippen LogP contribution in [0.5, 0.6) is 5.75 Å². The molecule has 2 heterocycles. The number of nitrogens with one attached hydrogen (secondary N) is 2. The van der Waals surface area contributed by atoms with E-state index in [-0.39, 0.29) is 17.8 Å². The number of fused-ring (bicyclic) bond motifs is 1. The van der Waals surface area contributed by atoms with Crippen molar-refractivity contribution in [2.45, 2.75) is 32.7 Å². The Bertz CT molecular complexity index is 985. The van der Waals surface area contributed by atoms with Crippen molar-refractivity contribution in [1.82, 2.24) is 15.3 Å². The number of aryl methyl sites for hydroxylation is 1. The molecule has 3 aromatic rings. The second-order valence-corrected chi connectivity index (χ2v) is 7.15. The number of carbonyl (C=O) groups is 1. The smallest absolute Gasteiger partial charge is 0.268 e. The molecule has 1 aromatic carbocycles. The molecule has 0 bridgehead atoms. The zero-order chi connectivity index (χ0) is 19.1. The first-order chi connectivity index (χ1) is 13.0. The van der Waals surface area contributed by atoms with Gasteiger partial charge in [-0.25, -0.2) is 4.39 Å². The number of pyridine rings is 1. The maximum atomic E-state index is 14.1. The molecule has 1 unspecified atom stereocenters. The van der Waals surface area contributed by atoms with E-state index in [1.165, 1.54) is 6.07 Å². The summed E-state index contributed by atoms with van der Waals surface area (Å²) in [5.74, 6) is 0.513. The summed E-state index contributed by atoms with van der Waals surface area (Å²) in [5.41, 5.74) is 3.65. The Balaban J connectivity index is 1.66. The third-order valence-electron chi connectivity index (χ3n) is 5.28. The van der Waals surface area contributed by atoms with E-state index in [1.54, 1.807) is 25.4 Å². The topological polar surface area (TPSA) is 67.0 Å². The fourth-order valence-electron chi connectivity index (χ4n) is 3.57. The van der Waals surface area contributed by atoms with Gasteiger partial charge in [-0.1, -0.05) is 6.07 Å². The summed E-state index contributed by atoms with van der Waals surface area (Å²) in [6.07, 6.45) is 3.79. The minimum atomic E-state index is -0.338. The number of aromatic nitrogens is 2. The SMILES string of the molecule is COc1ccnc(C(NC(=O)c2cc3c(F)ccc(C)c3[nH]2)C2CC2)c1C. The largest absolute Gasteiger partial charge is 0.496 e. The summed E-state index contributed by atoms with van der Waals surface area (Å²) in [6, 6.07) is 6.32. The van der Waals surface area contributed by atoms with Crippen LogP contribution in [0.1, 0.15) is 46.2 Å². The molecule has 5 nitrogen and oxygen atoms in total. The lowest BCUT2D eigenvalue weighted by Crippen LogP contribution is -2.31. The average molecular weight is 367 g/mol. The van der Waals surface area contributed by atoms with E-state index < -0.39 is 0 Å². The number of ether oxygens (including phenoxy) is 1. The molecule has 0 aliphatic heterocycles. The predicted molar refractivity (Wildman–Crippen MR) is 101 cm³/mol. The monoisotopic (exact) mass is 367 g/mol. The molecular formula is C21H22FN3O2. The molecule has 1 fully saturated rings. The van der Waals surface area contributed by atoms with Crippen LogP contribution >= 0.6 is 0 Å². The molecule has 0 spiro atoms. The van der Waals surface area contributed by atoms with E-state index in [0.717, 1.165) is 35.4 Å². The van der Waals surface area contributed by atoms with Gasteiger partial charge < -0.3 is 15.0 Å². The summed E-state index contributed by atoms with van der Waals surface area (Å²) in [6.45, 7) is 3.83. The van der Waals surface area contributed by atoms with Gasteiger partial charge in [-0.3, -0.25) is 9.78 Å². The maximum absolute atomic E-state index is 14.1. The van der Waals surface area contributed by atoms with Crippen molar-refractivity contribution in [1.29, 1.82) is 0 Å². The third kappa shape index (κ3) is 3.16. The first-order valence-corrected chi connectivity index (χ1v) is 9.07. The number of carbonyl (C=O) groups excluding carboxylic acids is 1. The molecule has 1 aliphatic rings. The van der Waals surface area contributed by atoms with E-state index >= 15 is 0 Å². The van der Waals surface area contributed by atoms with Crippen molar-refractivity contribution in [3.63, 3.8) is 0 Å². The van der Waals surface area contributed by atoms with Crippen molar-refractivity contribution in [2.24, 2.45) is 5.92 Å². The molecule has 4 rings (SSSR count). The highest BCUT2D eigenvalue weighted by Gasteiger charge is 2.36. The molecule has 2 N–H and O–H groups in total. The molecule has 1 amide bonds. The molecule has 140 valence electrons. The summed E-state index contributed by atoms with van der Waals surface area (Å²) < 4.78 is 19.5. The first kappa shape index (κ1) is 17.5. The van der Waals surface area contributed by atoms with Crippen molar-refractivity contribution in [3.8, 4) is 5.75 Å². The maximum Gasteiger partial charge on any atom is 0.268 e. The van der Waals surface area contributed by atoms with Crippen LogP contribution in [-0.2, 0) is 0 Å². The van der Waals surface area contributed by atoms with Crippen molar-refractivity contribution >= 4 is 16.8 Å². The van der Waals surface area contributed by atoms with Crippen LogP contribution in [0.4, 0.5) is 4.39 Å². The molecule has 2 aromatic heterocycles. The number of methoxy groups -OCH3 is 1. The van der Waals surface area contributed by atoms with Crippen molar-refractivity contribution in [3.05, 3.63) is 58.8 Å². The first-order valence-electron chi connectivity index (χ1n) is 9.07. The summed E-state index contributed by atoms with van der Waals surface area (Å²) in [5, 5.41) is 3.52. The number of rotatable bonds is 5. The molecule has 6 heteroatoms. The van der Waals surface area contributed by atoms with Gasteiger partial charge in [0.2, 0.25) is 0 Å². The minimum Gasteiger partial charge on any atom is -0.496 e. The second kappa shape index (κ2) is 6.68. The molecule has 1 aliphatic carbocycles. The van der Waals surface area contributed by atoms with Crippen LogP contribution in [0.2, 0.25) is 0 Å². The van der Waals surface area contributed by atoms with E-state index in [9.17, 15) is 9.18 Å². The van der Waals surface area contributed by atoms with Crippen LogP contribution in [0.3, 0.4) is 0 Å². The Hall–Kier alpha value is -2.89. The lowest BCUT2D eigenvalue weighted by Gasteiger charge is -2.20. The third-order valence-corrected chi connectivity index (χ3v) is 5.28. The van der Waals surface area contributed by atoms with Gasteiger partial charge in [-0.15, -0.1) is 0 Å². The van der Waals surface area contributed by atoms with Gasteiger partial charge in [0.1, 0.15) is 17.3 Å². The van der Waals surface area contributed by atoms with Crippen LogP contribution < -0.4 is 10.1 Å². The van der Waals surface area contributed by atoms with Gasteiger partial charge >= 0.3 is 0 Å². The quantitative estimate of drug-likeness (QED) is 0.710. The van der Waals surface area contributed by atoms with Crippen molar-refractivity contribution < 1.29 is 13.9 Å². The Morgan fingerprint density at radius 1 is 1.33 bits per heavy atom. The Kier molecular flexibility index (Phi) is 4.34. The normalized spacial score (nSPS) is 15.0. The Morgan fingerprint density at radius 2 is 2.11 bits per heavy atom. The van der Waals surface area contributed by atoms with E-state index in [2.05, 4.69) is 15.3 Å². The highest BCUT2D eigenvalue weighted by molar-refractivity contribution is 5.99. The molecule has 0 radical (unpaired) electrons. The summed E-state index contributed by atoms with van der Waals surface area (Å²) >= 11 is 0. The second-order valence-electron chi connectivity index (χ2n) is 7.15.